The molecule has 0 bridgehead atoms. The van der Waals surface area contributed by atoms with Crippen LogP contribution in [0.2, 0.25) is 0 Å². The lowest BCUT2D eigenvalue weighted by molar-refractivity contribution is 0.200. The lowest BCUT2D eigenvalue weighted by atomic mass is 9.92. The van der Waals surface area contributed by atoms with E-state index in [2.05, 4.69) is 46.8 Å². The molecule has 1 aromatic carbocycles. The van der Waals surface area contributed by atoms with Gasteiger partial charge in [0.25, 0.3) is 0 Å². The van der Waals surface area contributed by atoms with Gasteiger partial charge in [0.15, 0.2) is 0 Å². The molecule has 1 aromatic rings. The Morgan fingerprint density at radius 2 is 1.68 bits per heavy atom. The van der Waals surface area contributed by atoms with Crippen LogP contribution in [0.4, 0.5) is 0 Å². The summed E-state index contributed by atoms with van der Waals surface area (Å²) in [6, 6.07) is 6.24. The van der Waals surface area contributed by atoms with Crippen LogP contribution in [-0.4, -0.2) is 18.8 Å². The molecule has 0 aliphatic carbocycles. The Morgan fingerprint density at radius 3 is 2.09 bits per heavy atom. The zero-order valence-electron chi connectivity index (χ0n) is 15.6. The topological polar surface area (TPSA) is 29.5 Å². The molecule has 0 unspecified atom stereocenters. The van der Waals surface area contributed by atoms with E-state index in [0.717, 1.165) is 17.2 Å². The molecule has 0 saturated carbocycles. The van der Waals surface area contributed by atoms with Gasteiger partial charge in [0.2, 0.25) is 0 Å². The number of aliphatic hydroxyl groups is 1. The highest BCUT2D eigenvalue weighted by Gasteiger charge is 2.12. The first-order valence-electron chi connectivity index (χ1n) is 8.11. The lowest BCUT2D eigenvalue weighted by Gasteiger charge is -2.16. The molecule has 1 rings (SSSR count). The fourth-order valence-electron chi connectivity index (χ4n) is 1.61. The number of rotatable bonds is 5. The van der Waals surface area contributed by atoms with Crippen LogP contribution in [0.5, 0.6) is 5.75 Å². The Morgan fingerprint density at radius 1 is 1.14 bits per heavy atom. The Labute approximate surface area is 137 Å². The third-order valence-corrected chi connectivity index (χ3v) is 3.04. The van der Waals surface area contributed by atoms with Crippen molar-refractivity contribution in [2.75, 3.05) is 13.7 Å². The van der Waals surface area contributed by atoms with Gasteiger partial charge in [-0.1, -0.05) is 66.7 Å². The second-order valence-corrected chi connectivity index (χ2v) is 7.37. The van der Waals surface area contributed by atoms with Crippen molar-refractivity contribution < 1.29 is 9.84 Å². The third kappa shape index (κ3) is 8.23. The zero-order valence-corrected chi connectivity index (χ0v) is 15.6. The summed E-state index contributed by atoms with van der Waals surface area (Å²) in [4.78, 5) is 0. The van der Waals surface area contributed by atoms with Gasteiger partial charge in [-0.05, 0) is 29.5 Å². The Kier molecular flexibility index (Phi) is 9.12. The average molecular weight is 306 g/mol. The van der Waals surface area contributed by atoms with E-state index in [1.807, 2.05) is 32.1 Å². The molecule has 0 aliphatic heterocycles. The van der Waals surface area contributed by atoms with Crippen molar-refractivity contribution in [1.29, 1.82) is 0 Å². The average Bonchev–Trinajstić information content (AvgIpc) is 2.44. The van der Waals surface area contributed by atoms with Crippen LogP contribution in [0.1, 0.15) is 65.5 Å². The van der Waals surface area contributed by atoms with Crippen molar-refractivity contribution in [1.82, 2.24) is 0 Å². The third-order valence-electron chi connectivity index (χ3n) is 3.04. The monoisotopic (exact) mass is 306 g/mol. The highest BCUT2D eigenvalue weighted by molar-refractivity contribution is 5.59. The lowest BCUT2D eigenvalue weighted by Crippen LogP contribution is -2.12. The van der Waals surface area contributed by atoms with Gasteiger partial charge >= 0.3 is 0 Å². The van der Waals surface area contributed by atoms with Crippen LogP contribution in [0, 0.1) is 11.3 Å². The van der Waals surface area contributed by atoms with E-state index in [-0.39, 0.29) is 12.0 Å². The Balaban J connectivity index is 0.000000980. The molecule has 0 radical (unpaired) electrons. The van der Waals surface area contributed by atoms with Gasteiger partial charge in [-0.15, -0.1) is 0 Å². The van der Waals surface area contributed by atoms with E-state index in [9.17, 15) is 5.11 Å². The van der Waals surface area contributed by atoms with E-state index in [1.54, 1.807) is 7.11 Å². The summed E-state index contributed by atoms with van der Waals surface area (Å²) in [6.45, 7) is 15.0. The van der Waals surface area contributed by atoms with Gasteiger partial charge in [0.1, 0.15) is 5.75 Å². The molecule has 126 valence electrons. The standard InChI is InChI=1S/C16H24O2.C4H10/c1-12(2)13-6-7-15(18-5)14(10-13)8-9-16(3,4)11-17;1-4(2)3/h6-10,12,17H,11H2,1-5H3;4H,1-3H3/b9-8+;. The molecule has 0 spiro atoms. The van der Waals surface area contributed by atoms with Gasteiger partial charge in [-0.2, -0.15) is 0 Å². The van der Waals surface area contributed by atoms with Crippen LogP contribution in [-0.2, 0) is 0 Å². The summed E-state index contributed by atoms with van der Waals surface area (Å²) >= 11 is 0. The minimum absolute atomic E-state index is 0.135. The molecule has 2 nitrogen and oxygen atoms in total. The maximum atomic E-state index is 9.26. The molecule has 22 heavy (non-hydrogen) atoms. The zero-order chi connectivity index (χ0) is 17.3. The molecule has 2 heteroatoms. The first kappa shape index (κ1) is 20.7. The van der Waals surface area contributed by atoms with Crippen molar-refractivity contribution in [2.24, 2.45) is 11.3 Å². The number of hydrogen-bond donors (Lipinski definition) is 1. The van der Waals surface area contributed by atoms with Gasteiger partial charge in [0, 0.05) is 11.0 Å². The molecule has 0 aliphatic rings. The molecular weight excluding hydrogens is 272 g/mol. The fourth-order valence-corrected chi connectivity index (χ4v) is 1.61. The minimum Gasteiger partial charge on any atom is -0.496 e. The number of ether oxygens (including phenoxy) is 1. The summed E-state index contributed by atoms with van der Waals surface area (Å²) in [5, 5.41) is 9.26. The predicted octanol–water partition coefficient (Wildman–Crippen LogP) is 5.51. The number of aliphatic hydroxyl groups excluding tert-OH is 1. The SMILES string of the molecule is CC(C)C.COc1ccc(C(C)C)cc1/C=C/C(C)(C)CO. The number of methoxy groups -OCH3 is 1. The van der Waals surface area contributed by atoms with Crippen molar-refractivity contribution in [3.63, 3.8) is 0 Å². The first-order valence-corrected chi connectivity index (χ1v) is 8.11. The molecule has 0 amide bonds. The number of benzene rings is 1. The molecule has 0 atom stereocenters. The highest BCUT2D eigenvalue weighted by atomic mass is 16.5. The molecule has 0 fully saturated rings. The van der Waals surface area contributed by atoms with Crippen molar-refractivity contribution in [3.8, 4) is 5.75 Å². The van der Waals surface area contributed by atoms with E-state index in [4.69, 9.17) is 4.74 Å². The second-order valence-electron chi connectivity index (χ2n) is 7.37. The largest absolute Gasteiger partial charge is 0.496 e. The Hall–Kier alpha value is -1.28. The fraction of sp³-hybridized carbons (Fsp3) is 0.600. The summed E-state index contributed by atoms with van der Waals surface area (Å²) < 4.78 is 5.37. The molecule has 1 N–H and O–H groups in total. The smallest absolute Gasteiger partial charge is 0.126 e. The molecular formula is C20H34O2. The van der Waals surface area contributed by atoms with Crippen LogP contribution < -0.4 is 4.74 Å². The van der Waals surface area contributed by atoms with E-state index >= 15 is 0 Å². The molecule has 0 saturated heterocycles. The molecule has 0 heterocycles. The first-order chi connectivity index (χ1) is 10.1. The van der Waals surface area contributed by atoms with E-state index in [1.165, 1.54) is 5.56 Å². The van der Waals surface area contributed by atoms with Crippen molar-refractivity contribution in [3.05, 3.63) is 35.4 Å². The van der Waals surface area contributed by atoms with Gasteiger partial charge in [-0.25, -0.2) is 0 Å². The van der Waals surface area contributed by atoms with Crippen LogP contribution in [0.3, 0.4) is 0 Å². The quantitative estimate of drug-likeness (QED) is 0.777. The summed E-state index contributed by atoms with van der Waals surface area (Å²) in [7, 11) is 1.68. The molecule has 0 aromatic heterocycles. The van der Waals surface area contributed by atoms with Crippen LogP contribution >= 0.6 is 0 Å². The van der Waals surface area contributed by atoms with Crippen LogP contribution in [0.15, 0.2) is 24.3 Å². The summed E-state index contributed by atoms with van der Waals surface area (Å²) in [5.74, 6) is 2.19. The van der Waals surface area contributed by atoms with E-state index < -0.39 is 0 Å². The van der Waals surface area contributed by atoms with Crippen molar-refractivity contribution >= 4 is 6.08 Å². The van der Waals surface area contributed by atoms with Gasteiger partial charge in [-0.3, -0.25) is 0 Å². The minimum atomic E-state index is -0.209. The summed E-state index contributed by atoms with van der Waals surface area (Å²) in [5.41, 5.74) is 2.14. The number of hydrogen-bond acceptors (Lipinski definition) is 2. The maximum absolute atomic E-state index is 9.26. The predicted molar refractivity (Wildman–Crippen MR) is 97.5 cm³/mol. The normalized spacial score (nSPS) is 11.8. The Bertz CT molecular complexity index is 454. The van der Waals surface area contributed by atoms with Gasteiger partial charge in [0.05, 0.1) is 13.7 Å². The maximum Gasteiger partial charge on any atom is 0.126 e. The van der Waals surface area contributed by atoms with Crippen LogP contribution in [0.25, 0.3) is 6.08 Å². The van der Waals surface area contributed by atoms with E-state index in [0.29, 0.717) is 5.92 Å². The van der Waals surface area contributed by atoms with Crippen molar-refractivity contribution in [2.45, 2.75) is 54.4 Å². The highest BCUT2D eigenvalue weighted by Crippen LogP contribution is 2.27. The summed E-state index contributed by atoms with van der Waals surface area (Å²) in [6.07, 6.45) is 4.05. The van der Waals surface area contributed by atoms with Gasteiger partial charge < -0.3 is 9.84 Å². The second kappa shape index (κ2) is 9.68.